The van der Waals surface area contributed by atoms with Gasteiger partial charge in [0.1, 0.15) is 0 Å². The van der Waals surface area contributed by atoms with Gasteiger partial charge in [-0.2, -0.15) is 0 Å². The van der Waals surface area contributed by atoms with Gasteiger partial charge in [0.25, 0.3) is 0 Å². The zero-order chi connectivity index (χ0) is 11.1. The van der Waals surface area contributed by atoms with Crippen molar-refractivity contribution >= 4 is 11.6 Å². The van der Waals surface area contributed by atoms with Crippen molar-refractivity contribution in [2.24, 2.45) is 0 Å². The molecule has 15 heavy (non-hydrogen) atoms. The van der Waals surface area contributed by atoms with Crippen LogP contribution >= 0.6 is 11.6 Å². The molecule has 1 N–H and O–H groups in total. The minimum Gasteiger partial charge on any atom is -0.383 e. The summed E-state index contributed by atoms with van der Waals surface area (Å²) in [6.45, 7) is 3.60. The Morgan fingerprint density at radius 1 is 1.33 bits per heavy atom. The van der Waals surface area contributed by atoms with Crippen LogP contribution in [0.1, 0.15) is 12.5 Å². The van der Waals surface area contributed by atoms with Gasteiger partial charge in [-0.1, -0.05) is 30.3 Å². The molecule has 0 aromatic heterocycles. The molecule has 2 nitrogen and oxygen atoms in total. The van der Waals surface area contributed by atoms with Crippen molar-refractivity contribution < 1.29 is 4.74 Å². The minimum absolute atomic E-state index is 0.179. The van der Waals surface area contributed by atoms with Gasteiger partial charge < -0.3 is 10.1 Å². The predicted octanol–water partition coefficient (Wildman–Crippen LogP) is 2.38. The van der Waals surface area contributed by atoms with E-state index in [2.05, 4.69) is 24.4 Å². The van der Waals surface area contributed by atoms with E-state index in [4.69, 9.17) is 16.3 Å². The molecule has 1 atom stereocenters. The highest BCUT2D eigenvalue weighted by Crippen LogP contribution is 2.21. The van der Waals surface area contributed by atoms with E-state index in [0.29, 0.717) is 12.5 Å². The van der Waals surface area contributed by atoms with Gasteiger partial charge in [0.15, 0.2) is 0 Å². The van der Waals surface area contributed by atoms with Gasteiger partial charge in [-0.15, -0.1) is 11.6 Å². The first kappa shape index (κ1) is 12.5. The molecule has 3 heteroatoms. The molecule has 1 unspecified atom stereocenters. The largest absolute Gasteiger partial charge is 0.383 e. The van der Waals surface area contributed by atoms with Gasteiger partial charge in [0.05, 0.1) is 12.1 Å². The lowest BCUT2D eigenvalue weighted by Gasteiger charge is -2.29. The molecule has 0 saturated heterocycles. The molecule has 0 saturated carbocycles. The fraction of sp³-hybridized carbons (Fsp3) is 0.500. The van der Waals surface area contributed by atoms with Crippen molar-refractivity contribution in [3.63, 3.8) is 0 Å². The fourth-order valence-electron chi connectivity index (χ4n) is 1.46. The van der Waals surface area contributed by atoms with Crippen LogP contribution in [-0.2, 0) is 10.3 Å². The van der Waals surface area contributed by atoms with Crippen molar-refractivity contribution in [3.05, 3.63) is 35.9 Å². The number of hydrogen-bond donors (Lipinski definition) is 1. The summed E-state index contributed by atoms with van der Waals surface area (Å²) >= 11 is 6.02. The summed E-state index contributed by atoms with van der Waals surface area (Å²) in [5.74, 6) is 0.542. The predicted molar refractivity (Wildman–Crippen MR) is 64.4 cm³/mol. The lowest BCUT2D eigenvalue weighted by molar-refractivity contribution is 0.189. The number of ether oxygens (including phenoxy) is 1. The third-order valence-corrected chi connectivity index (χ3v) is 3.03. The molecule has 0 radical (unpaired) electrons. The molecule has 0 heterocycles. The second-order valence-electron chi connectivity index (χ2n) is 3.75. The Labute approximate surface area is 96.6 Å². The first-order chi connectivity index (χ1) is 7.23. The van der Waals surface area contributed by atoms with E-state index in [1.807, 2.05) is 18.2 Å². The molecule has 0 aliphatic carbocycles. The van der Waals surface area contributed by atoms with E-state index in [1.54, 1.807) is 7.11 Å². The van der Waals surface area contributed by atoms with E-state index in [9.17, 15) is 0 Å². The maximum atomic E-state index is 6.02. The maximum Gasteiger partial charge on any atom is 0.0587 e. The smallest absolute Gasteiger partial charge is 0.0587 e. The molecule has 0 fully saturated rings. The van der Waals surface area contributed by atoms with E-state index < -0.39 is 0 Å². The molecule has 0 aliphatic rings. The Balaban J connectivity index is 2.67. The van der Waals surface area contributed by atoms with Crippen LogP contribution in [0.4, 0.5) is 0 Å². The zero-order valence-electron chi connectivity index (χ0n) is 9.29. The Morgan fingerprint density at radius 2 is 2.00 bits per heavy atom. The lowest BCUT2D eigenvalue weighted by atomic mass is 9.94. The molecule has 0 bridgehead atoms. The molecular weight excluding hydrogens is 210 g/mol. The van der Waals surface area contributed by atoms with Gasteiger partial charge in [-0.05, 0) is 12.5 Å². The van der Waals surface area contributed by atoms with E-state index in [1.165, 1.54) is 5.56 Å². The van der Waals surface area contributed by atoms with Gasteiger partial charge in [-0.25, -0.2) is 0 Å². The van der Waals surface area contributed by atoms with Crippen LogP contribution in [-0.4, -0.2) is 26.1 Å². The summed E-state index contributed by atoms with van der Waals surface area (Å²) in [5, 5.41) is 3.41. The minimum atomic E-state index is -0.179. The Morgan fingerprint density at radius 3 is 2.53 bits per heavy atom. The number of benzene rings is 1. The van der Waals surface area contributed by atoms with Crippen molar-refractivity contribution in [1.82, 2.24) is 5.32 Å². The average Bonchev–Trinajstić information content (AvgIpc) is 2.30. The summed E-state index contributed by atoms with van der Waals surface area (Å²) in [7, 11) is 1.70. The van der Waals surface area contributed by atoms with Crippen molar-refractivity contribution in [3.8, 4) is 0 Å². The molecule has 0 spiro atoms. The number of halogens is 1. The monoisotopic (exact) mass is 227 g/mol. The molecule has 1 aromatic carbocycles. The molecule has 1 rings (SSSR count). The van der Waals surface area contributed by atoms with Gasteiger partial charge in [0, 0.05) is 19.5 Å². The first-order valence-electron chi connectivity index (χ1n) is 5.08. The third-order valence-electron chi connectivity index (χ3n) is 2.50. The van der Waals surface area contributed by atoms with Crippen LogP contribution in [0.2, 0.25) is 0 Å². The molecule has 1 aromatic rings. The summed E-state index contributed by atoms with van der Waals surface area (Å²) in [5.41, 5.74) is 1.03. The second-order valence-corrected chi connectivity index (χ2v) is 4.02. The zero-order valence-corrected chi connectivity index (χ0v) is 10.1. The van der Waals surface area contributed by atoms with Crippen LogP contribution < -0.4 is 5.32 Å². The maximum absolute atomic E-state index is 6.02. The number of rotatable bonds is 6. The number of methoxy groups -OCH3 is 1. The fourth-order valence-corrected chi connectivity index (χ4v) is 1.71. The van der Waals surface area contributed by atoms with E-state index in [0.717, 1.165) is 6.54 Å². The molecule has 84 valence electrons. The highest BCUT2D eigenvalue weighted by atomic mass is 35.5. The van der Waals surface area contributed by atoms with Crippen LogP contribution in [0.5, 0.6) is 0 Å². The lowest BCUT2D eigenvalue weighted by Crippen LogP contribution is -2.42. The molecular formula is C12H18ClNO. The average molecular weight is 228 g/mol. The van der Waals surface area contributed by atoms with Gasteiger partial charge >= 0.3 is 0 Å². The highest BCUT2D eigenvalue weighted by Gasteiger charge is 2.24. The molecule has 0 amide bonds. The normalized spacial score (nSPS) is 14.9. The summed E-state index contributed by atoms with van der Waals surface area (Å²) in [4.78, 5) is 0. The summed E-state index contributed by atoms with van der Waals surface area (Å²) in [6.07, 6.45) is 0. The quantitative estimate of drug-likeness (QED) is 0.595. The highest BCUT2D eigenvalue weighted by molar-refractivity contribution is 6.18. The third kappa shape index (κ3) is 3.49. The number of nitrogens with one attached hydrogen (secondary N) is 1. The van der Waals surface area contributed by atoms with Crippen LogP contribution in [0.15, 0.2) is 30.3 Å². The van der Waals surface area contributed by atoms with Crippen LogP contribution in [0.25, 0.3) is 0 Å². The van der Waals surface area contributed by atoms with Crippen LogP contribution in [0.3, 0.4) is 0 Å². The Bertz CT molecular complexity index is 278. The van der Waals surface area contributed by atoms with Crippen molar-refractivity contribution in [2.75, 3.05) is 26.1 Å². The van der Waals surface area contributed by atoms with Gasteiger partial charge in [-0.3, -0.25) is 0 Å². The number of alkyl halides is 1. The number of hydrogen-bond acceptors (Lipinski definition) is 2. The van der Waals surface area contributed by atoms with Crippen molar-refractivity contribution in [2.45, 2.75) is 12.5 Å². The summed E-state index contributed by atoms with van der Waals surface area (Å²) in [6, 6.07) is 10.2. The molecule has 0 aliphatic heterocycles. The SMILES string of the molecule is COCCNC(C)(CCl)c1ccccc1. The Kier molecular flexibility index (Phi) is 5.09. The Hall–Kier alpha value is -0.570. The van der Waals surface area contributed by atoms with Gasteiger partial charge in [0.2, 0.25) is 0 Å². The van der Waals surface area contributed by atoms with E-state index >= 15 is 0 Å². The van der Waals surface area contributed by atoms with Crippen molar-refractivity contribution in [1.29, 1.82) is 0 Å². The first-order valence-corrected chi connectivity index (χ1v) is 5.62. The standard InChI is InChI=1S/C12H18ClNO/c1-12(10-13,14-8-9-15-2)11-6-4-3-5-7-11/h3-7,14H,8-10H2,1-2H3. The second kappa shape index (κ2) is 6.11. The van der Waals surface area contributed by atoms with Crippen LogP contribution in [0, 0.1) is 0 Å². The van der Waals surface area contributed by atoms with E-state index in [-0.39, 0.29) is 5.54 Å². The summed E-state index contributed by atoms with van der Waals surface area (Å²) < 4.78 is 5.01. The topological polar surface area (TPSA) is 21.3 Å².